The first-order valence-electron chi connectivity index (χ1n) is 6.41. The van der Waals surface area contributed by atoms with Gasteiger partial charge in [0, 0.05) is 19.0 Å². The zero-order chi connectivity index (χ0) is 13.5. The number of aromatic nitrogens is 2. The molecule has 1 unspecified atom stereocenters. The zero-order valence-electron chi connectivity index (χ0n) is 10.8. The van der Waals surface area contributed by atoms with E-state index in [1.807, 2.05) is 19.1 Å². The largest absolute Gasteiger partial charge is 0.342 e. The van der Waals surface area contributed by atoms with Crippen LogP contribution in [-0.2, 0) is 16.3 Å². The van der Waals surface area contributed by atoms with Gasteiger partial charge >= 0.3 is 0 Å². The van der Waals surface area contributed by atoms with Gasteiger partial charge in [0.05, 0.1) is 22.5 Å². The maximum absolute atomic E-state index is 11.6. The molecule has 2 aromatic rings. The van der Waals surface area contributed by atoms with Crippen LogP contribution in [0.5, 0.6) is 0 Å². The van der Waals surface area contributed by atoms with E-state index in [-0.39, 0.29) is 17.5 Å². The lowest BCUT2D eigenvalue weighted by Gasteiger charge is -2.22. The van der Waals surface area contributed by atoms with Gasteiger partial charge in [-0.15, -0.1) is 0 Å². The van der Waals surface area contributed by atoms with E-state index in [4.69, 9.17) is 0 Å². The number of sulfone groups is 1. The summed E-state index contributed by atoms with van der Waals surface area (Å²) in [6.45, 7) is 2.57. The van der Waals surface area contributed by atoms with Crippen LogP contribution < -0.4 is 5.32 Å². The van der Waals surface area contributed by atoms with Gasteiger partial charge in [0.25, 0.3) is 0 Å². The summed E-state index contributed by atoms with van der Waals surface area (Å²) in [5, 5.41) is 3.24. The number of aryl methyl sites for hydroxylation is 1. The van der Waals surface area contributed by atoms with Crippen molar-refractivity contribution in [3.8, 4) is 0 Å². The number of imidazole rings is 1. The molecule has 1 aliphatic heterocycles. The molecule has 1 aromatic heterocycles. The van der Waals surface area contributed by atoms with Crippen LogP contribution >= 0.6 is 0 Å². The highest BCUT2D eigenvalue weighted by molar-refractivity contribution is 7.91. The number of hydrogen-bond acceptors (Lipinski definition) is 4. The van der Waals surface area contributed by atoms with Crippen molar-refractivity contribution in [3.05, 3.63) is 29.6 Å². The van der Waals surface area contributed by atoms with Crippen LogP contribution in [-0.4, -0.2) is 42.5 Å². The Kier molecular flexibility index (Phi) is 3.06. The molecule has 0 spiro atoms. The summed E-state index contributed by atoms with van der Waals surface area (Å²) in [6, 6.07) is 6.02. The van der Waals surface area contributed by atoms with Crippen molar-refractivity contribution in [3.63, 3.8) is 0 Å². The van der Waals surface area contributed by atoms with Gasteiger partial charge in [0.1, 0.15) is 5.82 Å². The van der Waals surface area contributed by atoms with E-state index in [2.05, 4.69) is 21.4 Å². The van der Waals surface area contributed by atoms with Crippen molar-refractivity contribution in [1.29, 1.82) is 0 Å². The minimum absolute atomic E-state index is 0.0413. The number of nitrogens with one attached hydrogen (secondary N) is 2. The molecule has 0 saturated carbocycles. The van der Waals surface area contributed by atoms with Crippen LogP contribution in [0.15, 0.2) is 18.2 Å². The predicted octanol–water partition coefficient (Wildman–Crippen LogP) is 0.800. The smallest absolute Gasteiger partial charge is 0.153 e. The fraction of sp³-hybridized carbons (Fsp3) is 0.462. The first kappa shape index (κ1) is 12.6. The van der Waals surface area contributed by atoms with Crippen molar-refractivity contribution < 1.29 is 8.42 Å². The summed E-state index contributed by atoms with van der Waals surface area (Å²) >= 11 is 0. The molecule has 1 atom stereocenters. The Hall–Kier alpha value is -1.40. The van der Waals surface area contributed by atoms with E-state index < -0.39 is 9.84 Å². The van der Waals surface area contributed by atoms with Gasteiger partial charge in [-0.3, -0.25) is 0 Å². The number of aromatic amines is 1. The zero-order valence-corrected chi connectivity index (χ0v) is 11.6. The number of fused-ring (bicyclic) bond motifs is 1. The highest BCUT2D eigenvalue weighted by Gasteiger charge is 2.25. The first-order chi connectivity index (χ1) is 9.02. The Morgan fingerprint density at radius 2 is 2.26 bits per heavy atom. The molecule has 102 valence electrons. The molecule has 0 bridgehead atoms. The van der Waals surface area contributed by atoms with Crippen LogP contribution in [0, 0.1) is 6.92 Å². The number of hydrogen-bond donors (Lipinski definition) is 2. The standard InChI is InChI=1S/C13H17N3O2S/c1-9-2-3-11-12(6-9)16-13(15-11)7-10-8-19(17,18)5-4-14-10/h2-3,6,10,14H,4-5,7-8H2,1H3,(H,15,16). The summed E-state index contributed by atoms with van der Waals surface area (Å²) in [6.07, 6.45) is 0.618. The molecule has 1 saturated heterocycles. The summed E-state index contributed by atoms with van der Waals surface area (Å²) in [4.78, 5) is 7.77. The normalized spacial score (nSPS) is 22.7. The van der Waals surface area contributed by atoms with E-state index in [1.54, 1.807) is 0 Å². The third-order valence-electron chi connectivity index (χ3n) is 3.43. The maximum atomic E-state index is 11.6. The van der Waals surface area contributed by atoms with Gasteiger partial charge in [-0.05, 0) is 24.6 Å². The van der Waals surface area contributed by atoms with E-state index in [9.17, 15) is 8.42 Å². The van der Waals surface area contributed by atoms with Crippen molar-refractivity contribution in [2.45, 2.75) is 19.4 Å². The molecule has 5 nitrogen and oxygen atoms in total. The molecule has 0 aliphatic carbocycles. The lowest BCUT2D eigenvalue weighted by molar-refractivity contribution is 0.510. The number of nitrogens with zero attached hydrogens (tertiary/aromatic N) is 1. The number of rotatable bonds is 2. The van der Waals surface area contributed by atoms with Crippen molar-refractivity contribution in [2.24, 2.45) is 0 Å². The third kappa shape index (κ3) is 2.79. The SMILES string of the molecule is Cc1ccc2nc(CC3CS(=O)(=O)CCN3)[nH]c2c1. The molecule has 0 radical (unpaired) electrons. The van der Waals surface area contributed by atoms with Crippen LogP contribution in [0.25, 0.3) is 11.0 Å². The van der Waals surface area contributed by atoms with E-state index >= 15 is 0 Å². The third-order valence-corrected chi connectivity index (χ3v) is 5.16. The molecular formula is C13H17N3O2S. The van der Waals surface area contributed by atoms with E-state index in [0.29, 0.717) is 13.0 Å². The Balaban J connectivity index is 1.81. The maximum Gasteiger partial charge on any atom is 0.153 e. The van der Waals surface area contributed by atoms with Gasteiger partial charge in [-0.25, -0.2) is 13.4 Å². The Morgan fingerprint density at radius 3 is 3.05 bits per heavy atom. The minimum Gasteiger partial charge on any atom is -0.342 e. The monoisotopic (exact) mass is 279 g/mol. The quantitative estimate of drug-likeness (QED) is 0.852. The number of H-pyrrole nitrogens is 1. The molecule has 1 aromatic carbocycles. The second-order valence-corrected chi connectivity index (χ2v) is 7.40. The summed E-state index contributed by atoms with van der Waals surface area (Å²) < 4.78 is 23.2. The molecule has 1 aliphatic rings. The van der Waals surface area contributed by atoms with Crippen LogP contribution in [0.2, 0.25) is 0 Å². The van der Waals surface area contributed by atoms with Gasteiger partial charge < -0.3 is 10.3 Å². The molecule has 2 heterocycles. The van der Waals surface area contributed by atoms with Gasteiger partial charge in [-0.2, -0.15) is 0 Å². The molecular weight excluding hydrogens is 262 g/mol. The lowest BCUT2D eigenvalue weighted by Crippen LogP contribution is -2.46. The van der Waals surface area contributed by atoms with Crippen LogP contribution in [0.3, 0.4) is 0 Å². The Morgan fingerprint density at radius 1 is 1.42 bits per heavy atom. The average molecular weight is 279 g/mol. The summed E-state index contributed by atoms with van der Waals surface area (Å²) in [5.41, 5.74) is 3.12. The minimum atomic E-state index is -2.89. The molecule has 3 rings (SSSR count). The fourth-order valence-corrected chi connectivity index (χ4v) is 3.95. The summed E-state index contributed by atoms with van der Waals surface area (Å²) in [7, 11) is -2.89. The molecule has 1 fully saturated rings. The Labute approximate surface area is 112 Å². The van der Waals surface area contributed by atoms with Crippen LogP contribution in [0.1, 0.15) is 11.4 Å². The predicted molar refractivity (Wildman–Crippen MR) is 75.0 cm³/mol. The van der Waals surface area contributed by atoms with Gasteiger partial charge in [0.2, 0.25) is 0 Å². The van der Waals surface area contributed by atoms with Crippen LogP contribution in [0.4, 0.5) is 0 Å². The van der Waals surface area contributed by atoms with Gasteiger partial charge in [-0.1, -0.05) is 6.07 Å². The first-order valence-corrected chi connectivity index (χ1v) is 8.23. The highest BCUT2D eigenvalue weighted by atomic mass is 32.2. The number of benzene rings is 1. The average Bonchev–Trinajstić information content (AvgIpc) is 2.68. The van der Waals surface area contributed by atoms with Crippen molar-refractivity contribution >= 4 is 20.9 Å². The lowest BCUT2D eigenvalue weighted by atomic mass is 10.2. The van der Waals surface area contributed by atoms with Crippen molar-refractivity contribution in [2.75, 3.05) is 18.1 Å². The fourth-order valence-electron chi connectivity index (χ4n) is 2.50. The second-order valence-electron chi connectivity index (χ2n) is 5.17. The summed E-state index contributed by atoms with van der Waals surface area (Å²) in [5.74, 6) is 1.28. The molecule has 2 N–H and O–H groups in total. The highest BCUT2D eigenvalue weighted by Crippen LogP contribution is 2.15. The van der Waals surface area contributed by atoms with E-state index in [0.717, 1.165) is 16.9 Å². The topological polar surface area (TPSA) is 74.8 Å². The van der Waals surface area contributed by atoms with E-state index in [1.165, 1.54) is 5.56 Å². The molecule has 0 amide bonds. The van der Waals surface area contributed by atoms with Gasteiger partial charge in [0.15, 0.2) is 9.84 Å². The van der Waals surface area contributed by atoms with Crippen molar-refractivity contribution in [1.82, 2.24) is 15.3 Å². The molecule has 6 heteroatoms. The Bertz CT molecular complexity index is 706. The second kappa shape index (κ2) is 4.61. The molecule has 19 heavy (non-hydrogen) atoms.